The molecule has 1 aromatic rings. The van der Waals surface area contributed by atoms with Gasteiger partial charge in [-0.1, -0.05) is 0 Å². The number of carboxylic acid groups (broad SMARTS) is 1. The van der Waals surface area contributed by atoms with Crippen LogP contribution in [0.1, 0.15) is 0 Å². The summed E-state index contributed by atoms with van der Waals surface area (Å²) in [4.78, 5) is 24.1. The summed E-state index contributed by atoms with van der Waals surface area (Å²) in [6, 6.07) is 2.32. The van der Waals surface area contributed by atoms with Gasteiger partial charge >= 0.3 is 18.2 Å². The van der Waals surface area contributed by atoms with Gasteiger partial charge in [0.15, 0.2) is 0 Å². The number of halogens is 4. The quantitative estimate of drug-likeness (QED) is 0.572. The maximum absolute atomic E-state index is 13.5. The molecule has 0 aliphatic carbocycles. The molecule has 1 aliphatic heterocycles. The van der Waals surface area contributed by atoms with E-state index in [9.17, 15) is 27.2 Å². The van der Waals surface area contributed by atoms with E-state index in [1.54, 1.807) is 0 Å². The van der Waals surface area contributed by atoms with Gasteiger partial charge in [-0.3, -0.25) is 4.79 Å². The number of carboxylic acids is 1. The first kappa shape index (κ1) is 20.7. The molecule has 1 aliphatic rings. The highest BCUT2D eigenvalue weighted by Gasteiger charge is 2.53. The van der Waals surface area contributed by atoms with Crippen LogP contribution in [-0.4, -0.2) is 61.6 Å². The summed E-state index contributed by atoms with van der Waals surface area (Å²) < 4.78 is 62.7. The Morgan fingerprint density at radius 1 is 1.30 bits per heavy atom. The van der Waals surface area contributed by atoms with Crippen LogP contribution >= 0.6 is 0 Å². The van der Waals surface area contributed by atoms with Crippen LogP contribution in [0, 0.1) is 17.7 Å². The molecular weight excluding hydrogens is 376 g/mol. The second kappa shape index (κ2) is 8.42. The third-order valence-corrected chi connectivity index (χ3v) is 4.07. The Kier molecular flexibility index (Phi) is 6.47. The van der Waals surface area contributed by atoms with Crippen molar-refractivity contribution >= 4 is 17.7 Å². The highest BCUT2D eigenvalue weighted by molar-refractivity contribution is 5.91. The molecule has 1 saturated heterocycles. The molecule has 11 heteroatoms. The van der Waals surface area contributed by atoms with Crippen molar-refractivity contribution in [3.63, 3.8) is 0 Å². The first-order valence-electron chi connectivity index (χ1n) is 7.90. The minimum atomic E-state index is -4.76. The van der Waals surface area contributed by atoms with Crippen molar-refractivity contribution in [1.29, 1.82) is 0 Å². The van der Waals surface area contributed by atoms with Gasteiger partial charge in [0.05, 0.1) is 24.1 Å². The molecule has 7 nitrogen and oxygen atoms in total. The molecule has 2 amide bonds. The molecule has 2 atom stereocenters. The van der Waals surface area contributed by atoms with Crippen molar-refractivity contribution in [3.8, 4) is 5.75 Å². The van der Waals surface area contributed by atoms with E-state index in [0.717, 1.165) is 17.0 Å². The zero-order chi connectivity index (χ0) is 20.2. The minimum Gasteiger partial charge on any atom is -0.489 e. The lowest BCUT2D eigenvalue weighted by atomic mass is 9.96. The van der Waals surface area contributed by atoms with Crippen LogP contribution in [-0.2, 0) is 9.53 Å². The highest BCUT2D eigenvalue weighted by atomic mass is 19.4. The summed E-state index contributed by atoms with van der Waals surface area (Å²) in [5, 5.41) is 11.3. The largest absolute Gasteiger partial charge is 0.489 e. The average Bonchev–Trinajstić information content (AvgIpc) is 3.03. The number of likely N-dealkylation sites (tertiary alicyclic amines) is 1. The second-order valence-corrected chi connectivity index (χ2v) is 5.91. The van der Waals surface area contributed by atoms with Crippen LogP contribution in [0.25, 0.3) is 0 Å². The Balaban J connectivity index is 2.13. The van der Waals surface area contributed by atoms with Crippen molar-refractivity contribution in [2.45, 2.75) is 6.18 Å². The number of anilines is 1. The number of urea groups is 1. The molecule has 27 heavy (non-hydrogen) atoms. The maximum Gasteiger partial charge on any atom is 0.394 e. The monoisotopic (exact) mass is 394 g/mol. The number of rotatable bonds is 6. The normalized spacial score (nSPS) is 19.8. The van der Waals surface area contributed by atoms with Gasteiger partial charge in [0.25, 0.3) is 0 Å². The molecular formula is C16H18F4N2O5. The molecule has 2 rings (SSSR count). The Labute approximate surface area is 151 Å². The number of hydrogen-bond donors (Lipinski definition) is 2. The summed E-state index contributed by atoms with van der Waals surface area (Å²) in [6.45, 7) is -1.08. The van der Waals surface area contributed by atoms with Crippen molar-refractivity contribution in [2.24, 2.45) is 11.8 Å². The number of nitrogens with one attached hydrogen (secondary N) is 1. The van der Waals surface area contributed by atoms with E-state index >= 15 is 0 Å². The third-order valence-electron chi connectivity index (χ3n) is 4.07. The number of alkyl halides is 3. The second-order valence-electron chi connectivity index (χ2n) is 5.91. The van der Waals surface area contributed by atoms with E-state index in [4.69, 9.17) is 14.6 Å². The van der Waals surface area contributed by atoms with Crippen LogP contribution in [0.4, 0.5) is 28.0 Å². The van der Waals surface area contributed by atoms with Crippen LogP contribution < -0.4 is 10.1 Å². The number of carbonyl (C=O) groups excluding carboxylic acids is 1. The predicted octanol–water partition coefficient (Wildman–Crippen LogP) is 2.58. The van der Waals surface area contributed by atoms with E-state index in [0.29, 0.717) is 0 Å². The Morgan fingerprint density at radius 3 is 2.56 bits per heavy atom. The Bertz CT molecular complexity index is 698. The molecule has 0 saturated carbocycles. The first-order chi connectivity index (χ1) is 12.6. The van der Waals surface area contributed by atoms with Gasteiger partial charge < -0.3 is 24.8 Å². The molecule has 0 unspecified atom stereocenters. The smallest absolute Gasteiger partial charge is 0.394 e. The van der Waals surface area contributed by atoms with E-state index in [2.05, 4.69) is 5.32 Å². The summed E-state index contributed by atoms with van der Waals surface area (Å²) in [5.74, 6) is -6.17. The molecule has 0 spiro atoms. The minimum absolute atomic E-state index is 0.0848. The fraction of sp³-hybridized carbons (Fsp3) is 0.500. The van der Waals surface area contributed by atoms with Crippen LogP contribution in [0.15, 0.2) is 18.2 Å². The number of aliphatic carboxylic acids is 1. The number of nitrogens with zero attached hydrogens (tertiary/aromatic N) is 1. The highest BCUT2D eigenvalue weighted by Crippen LogP contribution is 2.38. The standard InChI is InChI=1S/C16H18F4N2O5/c1-26-4-5-27-13-3-2-9(17)6-12(13)21-15(25)22-7-10(14(23)24)11(8-22)16(18,19)20/h2-3,6,10-11H,4-5,7-8H2,1H3,(H,21,25)(H,23,24)/t10-,11-/m1/s1. The van der Waals surface area contributed by atoms with Gasteiger partial charge in [0, 0.05) is 26.3 Å². The molecule has 150 valence electrons. The van der Waals surface area contributed by atoms with Gasteiger partial charge in [-0.05, 0) is 12.1 Å². The maximum atomic E-state index is 13.5. The molecule has 2 N–H and O–H groups in total. The van der Waals surface area contributed by atoms with Crippen molar-refractivity contribution in [3.05, 3.63) is 24.0 Å². The summed E-state index contributed by atoms with van der Waals surface area (Å²) in [7, 11) is 1.44. The third kappa shape index (κ3) is 5.22. The topological polar surface area (TPSA) is 88.1 Å². The Morgan fingerprint density at radius 2 is 2.00 bits per heavy atom. The van der Waals surface area contributed by atoms with Gasteiger partial charge in [0.2, 0.25) is 0 Å². The van der Waals surface area contributed by atoms with E-state index in [1.807, 2.05) is 0 Å². The Hall–Kier alpha value is -2.56. The summed E-state index contributed by atoms with van der Waals surface area (Å²) in [5.41, 5.74) is -0.0848. The zero-order valence-corrected chi connectivity index (χ0v) is 14.3. The van der Waals surface area contributed by atoms with Crippen LogP contribution in [0.2, 0.25) is 0 Å². The van der Waals surface area contributed by atoms with Gasteiger partial charge in [-0.15, -0.1) is 0 Å². The van der Waals surface area contributed by atoms with Crippen molar-refractivity contribution < 1.29 is 41.7 Å². The molecule has 1 heterocycles. The van der Waals surface area contributed by atoms with Crippen LogP contribution in [0.5, 0.6) is 5.75 Å². The lowest BCUT2D eigenvalue weighted by Gasteiger charge is -2.19. The zero-order valence-electron chi connectivity index (χ0n) is 14.3. The van der Waals surface area contributed by atoms with E-state index in [-0.39, 0.29) is 24.7 Å². The molecule has 0 aromatic heterocycles. The van der Waals surface area contributed by atoms with Crippen molar-refractivity contribution in [1.82, 2.24) is 4.90 Å². The summed E-state index contributed by atoms with van der Waals surface area (Å²) >= 11 is 0. The number of benzene rings is 1. The van der Waals surface area contributed by atoms with E-state index < -0.39 is 48.9 Å². The van der Waals surface area contributed by atoms with Gasteiger partial charge in [-0.2, -0.15) is 13.2 Å². The SMILES string of the molecule is COCCOc1ccc(F)cc1NC(=O)N1C[C@@H](C(F)(F)F)[C@H](C(=O)O)C1. The molecule has 0 radical (unpaired) electrons. The molecule has 1 fully saturated rings. The predicted molar refractivity (Wildman–Crippen MR) is 85.0 cm³/mol. The van der Waals surface area contributed by atoms with Gasteiger partial charge in [-0.25, -0.2) is 9.18 Å². The van der Waals surface area contributed by atoms with E-state index in [1.165, 1.54) is 13.2 Å². The number of hydrogen-bond acceptors (Lipinski definition) is 4. The fourth-order valence-electron chi connectivity index (χ4n) is 2.71. The fourth-order valence-corrected chi connectivity index (χ4v) is 2.71. The number of amides is 2. The average molecular weight is 394 g/mol. The van der Waals surface area contributed by atoms with Gasteiger partial charge in [0.1, 0.15) is 18.2 Å². The lowest BCUT2D eigenvalue weighted by Crippen LogP contribution is -2.35. The lowest BCUT2D eigenvalue weighted by molar-refractivity contribution is -0.187. The number of methoxy groups -OCH3 is 1. The van der Waals surface area contributed by atoms with Crippen LogP contribution in [0.3, 0.4) is 0 Å². The first-order valence-corrected chi connectivity index (χ1v) is 7.90. The van der Waals surface area contributed by atoms with Crippen molar-refractivity contribution in [2.75, 3.05) is 38.7 Å². The molecule has 0 bridgehead atoms. The summed E-state index contributed by atoms with van der Waals surface area (Å²) in [6.07, 6.45) is -4.76. The molecule has 1 aromatic carbocycles. The number of ether oxygens (including phenoxy) is 2. The number of carbonyl (C=O) groups is 2.